The molecule has 0 N–H and O–H groups in total. The van der Waals surface area contributed by atoms with E-state index in [1.165, 1.54) is 16.4 Å². The van der Waals surface area contributed by atoms with Crippen LogP contribution in [0.3, 0.4) is 0 Å². The molecule has 1 aromatic heterocycles. The van der Waals surface area contributed by atoms with Crippen LogP contribution in [-0.2, 0) is 16.6 Å². The summed E-state index contributed by atoms with van der Waals surface area (Å²) in [5.74, 6) is 0.749. The van der Waals surface area contributed by atoms with Crippen molar-refractivity contribution in [2.45, 2.75) is 45.2 Å². The minimum Gasteiger partial charge on any atom is -0.465 e. The van der Waals surface area contributed by atoms with Crippen LogP contribution >= 0.6 is 0 Å². The molecule has 2 aromatic rings. The Morgan fingerprint density at radius 2 is 1.86 bits per heavy atom. The van der Waals surface area contributed by atoms with Crippen molar-refractivity contribution in [2.75, 3.05) is 0 Å². The van der Waals surface area contributed by atoms with Gasteiger partial charge in [-0.05, 0) is 57.5 Å². The van der Waals surface area contributed by atoms with Crippen molar-refractivity contribution in [1.29, 1.82) is 0 Å². The first-order valence-corrected chi connectivity index (χ1v) is 8.49. The summed E-state index contributed by atoms with van der Waals surface area (Å²) >= 11 is 0. The van der Waals surface area contributed by atoms with E-state index in [-0.39, 0.29) is 17.5 Å². The number of furan rings is 1. The van der Waals surface area contributed by atoms with E-state index in [1.54, 1.807) is 39.8 Å². The van der Waals surface area contributed by atoms with Crippen molar-refractivity contribution in [3.63, 3.8) is 0 Å². The van der Waals surface area contributed by atoms with Gasteiger partial charge in [0.1, 0.15) is 17.3 Å². The average Bonchev–Trinajstić information content (AvgIpc) is 2.84. The van der Waals surface area contributed by atoms with Crippen molar-refractivity contribution < 1.29 is 17.2 Å². The molecule has 1 heterocycles. The quantitative estimate of drug-likeness (QED) is 0.843. The summed E-state index contributed by atoms with van der Waals surface area (Å²) in [4.78, 5) is -0.0485. The van der Waals surface area contributed by atoms with Gasteiger partial charge < -0.3 is 4.42 Å². The Morgan fingerprint density at radius 3 is 2.36 bits per heavy atom. The Kier molecular flexibility index (Phi) is 4.72. The van der Waals surface area contributed by atoms with Gasteiger partial charge in [-0.25, -0.2) is 12.8 Å². The standard InChI is InChI=1S/C16H20FNO3S/c1-11(2)18(10-14-7-6-13(4)21-14)22(19,20)15-8-5-12(3)16(17)9-15/h5-9,11H,10H2,1-4H3. The van der Waals surface area contributed by atoms with Gasteiger partial charge in [0.05, 0.1) is 11.4 Å². The Hall–Kier alpha value is -1.66. The summed E-state index contributed by atoms with van der Waals surface area (Å²) in [6.07, 6.45) is 0. The molecule has 0 saturated carbocycles. The first-order chi connectivity index (χ1) is 10.2. The molecule has 0 spiro atoms. The van der Waals surface area contributed by atoms with Crippen molar-refractivity contribution >= 4 is 10.0 Å². The van der Waals surface area contributed by atoms with Crippen LogP contribution in [0.4, 0.5) is 4.39 Å². The molecule has 6 heteroatoms. The minimum absolute atomic E-state index is 0.0485. The van der Waals surface area contributed by atoms with E-state index in [9.17, 15) is 12.8 Å². The van der Waals surface area contributed by atoms with Gasteiger partial charge in [-0.3, -0.25) is 0 Å². The predicted molar refractivity (Wildman–Crippen MR) is 82.4 cm³/mol. The fourth-order valence-electron chi connectivity index (χ4n) is 2.14. The molecule has 0 saturated heterocycles. The zero-order valence-electron chi connectivity index (χ0n) is 13.1. The van der Waals surface area contributed by atoms with Gasteiger partial charge in [-0.1, -0.05) is 6.07 Å². The summed E-state index contributed by atoms with van der Waals surface area (Å²) < 4.78 is 46.0. The van der Waals surface area contributed by atoms with Gasteiger partial charge in [-0.2, -0.15) is 4.31 Å². The average molecular weight is 325 g/mol. The van der Waals surface area contributed by atoms with E-state index < -0.39 is 15.8 Å². The molecule has 0 aliphatic carbocycles. The molecular weight excluding hydrogens is 305 g/mol. The van der Waals surface area contributed by atoms with Crippen molar-refractivity contribution in [3.8, 4) is 0 Å². The lowest BCUT2D eigenvalue weighted by atomic mass is 10.2. The maximum absolute atomic E-state index is 13.7. The second-order valence-electron chi connectivity index (χ2n) is 5.57. The SMILES string of the molecule is Cc1ccc(CN(C(C)C)S(=O)(=O)c2ccc(C)c(F)c2)o1. The Bertz CT molecular complexity index is 765. The number of hydrogen-bond donors (Lipinski definition) is 0. The van der Waals surface area contributed by atoms with Gasteiger partial charge in [-0.15, -0.1) is 0 Å². The zero-order valence-corrected chi connectivity index (χ0v) is 13.9. The lowest BCUT2D eigenvalue weighted by Gasteiger charge is -2.25. The third kappa shape index (κ3) is 3.39. The summed E-state index contributed by atoms with van der Waals surface area (Å²) in [5.41, 5.74) is 0.414. The van der Waals surface area contributed by atoms with Crippen LogP contribution in [0.15, 0.2) is 39.6 Å². The van der Waals surface area contributed by atoms with E-state index in [0.29, 0.717) is 11.3 Å². The predicted octanol–water partition coefficient (Wildman–Crippen LogP) is 3.63. The topological polar surface area (TPSA) is 50.5 Å². The molecule has 120 valence electrons. The maximum atomic E-state index is 13.7. The van der Waals surface area contributed by atoms with E-state index in [1.807, 2.05) is 0 Å². The summed E-state index contributed by atoms with van der Waals surface area (Å²) in [6.45, 7) is 7.06. The van der Waals surface area contributed by atoms with Crippen LogP contribution < -0.4 is 0 Å². The first kappa shape index (κ1) is 16.7. The van der Waals surface area contributed by atoms with E-state index in [4.69, 9.17) is 4.42 Å². The molecule has 0 bridgehead atoms. The minimum atomic E-state index is -3.80. The molecule has 0 atom stereocenters. The molecule has 0 radical (unpaired) electrons. The van der Waals surface area contributed by atoms with Gasteiger partial charge in [0, 0.05) is 6.04 Å². The number of hydrogen-bond acceptors (Lipinski definition) is 3. The molecule has 2 rings (SSSR count). The highest BCUT2D eigenvalue weighted by atomic mass is 32.2. The molecule has 0 aliphatic rings. The smallest absolute Gasteiger partial charge is 0.243 e. The van der Waals surface area contributed by atoms with Crippen LogP contribution in [0.5, 0.6) is 0 Å². The summed E-state index contributed by atoms with van der Waals surface area (Å²) in [5, 5.41) is 0. The lowest BCUT2D eigenvalue weighted by Crippen LogP contribution is -2.36. The fraction of sp³-hybridized carbons (Fsp3) is 0.375. The van der Waals surface area contributed by atoms with E-state index >= 15 is 0 Å². The lowest BCUT2D eigenvalue weighted by molar-refractivity contribution is 0.314. The molecule has 4 nitrogen and oxygen atoms in total. The second-order valence-corrected chi connectivity index (χ2v) is 7.46. The van der Waals surface area contributed by atoms with Gasteiger partial charge in [0.15, 0.2) is 0 Å². The summed E-state index contributed by atoms with van der Waals surface area (Å²) in [7, 11) is -3.80. The second kappa shape index (κ2) is 6.22. The number of rotatable bonds is 5. The number of aryl methyl sites for hydroxylation is 2. The fourth-order valence-corrected chi connectivity index (χ4v) is 3.75. The zero-order chi connectivity index (χ0) is 16.5. The summed E-state index contributed by atoms with van der Waals surface area (Å²) in [6, 6.07) is 7.21. The van der Waals surface area contributed by atoms with Gasteiger partial charge in [0.25, 0.3) is 0 Å². The molecule has 0 unspecified atom stereocenters. The third-order valence-corrected chi connectivity index (χ3v) is 5.45. The highest BCUT2D eigenvalue weighted by Gasteiger charge is 2.28. The number of sulfonamides is 1. The molecule has 0 amide bonds. The number of halogens is 1. The van der Waals surface area contributed by atoms with Gasteiger partial charge in [0.2, 0.25) is 10.0 Å². The van der Waals surface area contributed by atoms with Crippen LogP contribution in [-0.4, -0.2) is 18.8 Å². The molecule has 0 fully saturated rings. The normalized spacial score (nSPS) is 12.3. The molecule has 0 aliphatic heterocycles. The third-order valence-electron chi connectivity index (χ3n) is 3.43. The van der Waals surface area contributed by atoms with Crippen molar-refractivity contribution in [3.05, 3.63) is 53.2 Å². The molecule has 22 heavy (non-hydrogen) atoms. The van der Waals surface area contributed by atoms with Gasteiger partial charge >= 0.3 is 0 Å². The first-order valence-electron chi connectivity index (χ1n) is 7.05. The van der Waals surface area contributed by atoms with E-state index in [0.717, 1.165) is 11.8 Å². The van der Waals surface area contributed by atoms with Crippen molar-refractivity contribution in [1.82, 2.24) is 4.31 Å². The van der Waals surface area contributed by atoms with Crippen LogP contribution in [0, 0.1) is 19.7 Å². The number of benzene rings is 1. The molecular formula is C16H20FNO3S. The van der Waals surface area contributed by atoms with E-state index in [2.05, 4.69) is 0 Å². The highest BCUT2D eigenvalue weighted by molar-refractivity contribution is 7.89. The maximum Gasteiger partial charge on any atom is 0.243 e. The number of nitrogens with zero attached hydrogens (tertiary/aromatic N) is 1. The largest absolute Gasteiger partial charge is 0.465 e. The van der Waals surface area contributed by atoms with Crippen LogP contribution in [0.2, 0.25) is 0 Å². The van der Waals surface area contributed by atoms with Crippen LogP contribution in [0.25, 0.3) is 0 Å². The Morgan fingerprint density at radius 1 is 1.18 bits per heavy atom. The Balaban J connectivity index is 2.39. The Labute approximate surface area is 130 Å². The highest BCUT2D eigenvalue weighted by Crippen LogP contribution is 2.23. The van der Waals surface area contributed by atoms with Crippen LogP contribution in [0.1, 0.15) is 30.9 Å². The monoisotopic (exact) mass is 325 g/mol. The van der Waals surface area contributed by atoms with Crippen molar-refractivity contribution in [2.24, 2.45) is 0 Å². The molecule has 1 aromatic carbocycles.